The van der Waals surface area contributed by atoms with Gasteiger partial charge in [-0.05, 0) is 19.0 Å². The highest BCUT2D eigenvalue weighted by Gasteiger charge is 2.18. The topological polar surface area (TPSA) is 32.3 Å². The van der Waals surface area contributed by atoms with E-state index < -0.39 is 10.8 Å². The molecule has 1 aromatic rings. The quantitative estimate of drug-likeness (QED) is 0.871. The second kappa shape index (κ2) is 7.86. The molecule has 0 radical (unpaired) electrons. The molecule has 0 aliphatic carbocycles. The molecule has 1 saturated heterocycles. The maximum Gasteiger partial charge on any atom is 0.127 e. The van der Waals surface area contributed by atoms with Gasteiger partial charge in [-0.25, -0.2) is 4.39 Å². The number of nitrogens with one attached hydrogen (secondary N) is 1. The Morgan fingerprint density at radius 1 is 1.35 bits per heavy atom. The Bertz CT molecular complexity index is 445. The van der Waals surface area contributed by atoms with E-state index in [0.717, 1.165) is 49.7 Å². The number of benzene rings is 1. The minimum Gasteiger partial charge on any atom is -0.310 e. The Balaban J connectivity index is 1.93. The van der Waals surface area contributed by atoms with Crippen LogP contribution in [-0.4, -0.2) is 46.8 Å². The molecule has 5 heteroatoms. The summed E-state index contributed by atoms with van der Waals surface area (Å²) in [5.41, 5.74) is 0.745. The van der Waals surface area contributed by atoms with Crippen molar-refractivity contribution in [1.82, 2.24) is 10.2 Å². The van der Waals surface area contributed by atoms with Crippen molar-refractivity contribution in [2.45, 2.75) is 19.4 Å². The molecule has 1 aliphatic heterocycles. The van der Waals surface area contributed by atoms with Crippen LogP contribution in [0.4, 0.5) is 4.39 Å². The molecule has 1 heterocycles. The third kappa shape index (κ3) is 4.36. The standard InChI is InChI=1S/C15H23FN2OS/c1-2-17-15(13-5-3-4-6-14(13)16)7-8-18-9-11-20(19)12-10-18/h3-6,15,17H,2,7-12H2,1H3. The fourth-order valence-corrected chi connectivity index (χ4v) is 3.71. The zero-order valence-electron chi connectivity index (χ0n) is 12.0. The fourth-order valence-electron chi connectivity index (χ4n) is 2.58. The summed E-state index contributed by atoms with van der Waals surface area (Å²) < 4.78 is 25.2. The van der Waals surface area contributed by atoms with Crippen LogP contribution in [0.3, 0.4) is 0 Å². The van der Waals surface area contributed by atoms with E-state index in [0.29, 0.717) is 0 Å². The second-order valence-corrected chi connectivity index (χ2v) is 6.81. The van der Waals surface area contributed by atoms with Crippen molar-refractivity contribution in [3.8, 4) is 0 Å². The molecule has 1 unspecified atom stereocenters. The number of halogens is 1. The third-order valence-corrected chi connectivity index (χ3v) is 5.01. The van der Waals surface area contributed by atoms with Crippen molar-refractivity contribution >= 4 is 10.8 Å². The van der Waals surface area contributed by atoms with Gasteiger partial charge in [0.1, 0.15) is 5.82 Å². The highest BCUT2D eigenvalue weighted by molar-refractivity contribution is 7.85. The van der Waals surface area contributed by atoms with Gasteiger partial charge in [0.05, 0.1) is 0 Å². The van der Waals surface area contributed by atoms with Gasteiger partial charge in [-0.1, -0.05) is 25.1 Å². The summed E-state index contributed by atoms with van der Waals surface area (Å²) in [6.07, 6.45) is 0.876. The third-order valence-electron chi connectivity index (χ3n) is 3.74. The summed E-state index contributed by atoms with van der Waals surface area (Å²) in [6, 6.07) is 7.03. The summed E-state index contributed by atoms with van der Waals surface area (Å²) in [5, 5.41) is 3.36. The average molecular weight is 298 g/mol. The van der Waals surface area contributed by atoms with Crippen molar-refractivity contribution in [3.05, 3.63) is 35.6 Å². The molecule has 0 saturated carbocycles. The van der Waals surface area contributed by atoms with Crippen LogP contribution in [-0.2, 0) is 10.8 Å². The normalized spacial score (nSPS) is 19.1. The second-order valence-electron chi connectivity index (χ2n) is 5.11. The van der Waals surface area contributed by atoms with E-state index in [4.69, 9.17) is 0 Å². The Kier molecular flexibility index (Phi) is 6.13. The zero-order valence-corrected chi connectivity index (χ0v) is 12.8. The van der Waals surface area contributed by atoms with Gasteiger partial charge in [0, 0.05) is 53.5 Å². The molecule has 0 amide bonds. The Labute approximate surface area is 123 Å². The van der Waals surface area contributed by atoms with Crippen LogP contribution in [0.1, 0.15) is 24.9 Å². The molecular weight excluding hydrogens is 275 g/mol. The van der Waals surface area contributed by atoms with E-state index in [1.165, 1.54) is 6.07 Å². The number of hydrogen-bond acceptors (Lipinski definition) is 3. The van der Waals surface area contributed by atoms with Crippen LogP contribution < -0.4 is 5.32 Å². The molecule has 112 valence electrons. The Hall–Kier alpha value is -0.780. The van der Waals surface area contributed by atoms with Crippen LogP contribution in [0.5, 0.6) is 0 Å². The van der Waals surface area contributed by atoms with Gasteiger partial charge >= 0.3 is 0 Å². The molecule has 0 spiro atoms. The Morgan fingerprint density at radius 3 is 2.70 bits per heavy atom. The Morgan fingerprint density at radius 2 is 2.05 bits per heavy atom. The average Bonchev–Trinajstić information content (AvgIpc) is 2.46. The first-order valence-electron chi connectivity index (χ1n) is 7.26. The van der Waals surface area contributed by atoms with E-state index in [1.54, 1.807) is 6.07 Å². The van der Waals surface area contributed by atoms with Gasteiger partial charge in [0.15, 0.2) is 0 Å². The van der Waals surface area contributed by atoms with Crippen molar-refractivity contribution < 1.29 is 8.60 Å². The number of nitrogens with zero attached hydrogens (tertiary/aromatic N) is 1. The van der Waals surface area contributed by atoms with Crippen molar-refractivity contribution in [2.24, 2.45) is 0 Å². The largest absolute Gasteiger partial charge is 0.310 e. The van der Waals surface area contributed by atoms with Gasteiger partial charge in [0.2, 0.25) is 0 Å². The van der Waals surface area contributed by atoms with Crippen LogP contribution in [0.25, 0.3) is 0 Å². The van der Waals surface area contributed by atoms with E-state index >= 15 is 0 Å². The van der Waals surface area contributed by atoms with Crippen molar-refractivity contribution in [1.29, 1.82) is 0 Å². The smallest absolute Gasteiger partial charge is 0.127 e. The molecule has 0 aromatic heterocycles. The summed E-state index contributed by atoms with van der Waals surface area (Å²) in [4.78, 5) is 2.33. The molecule has 2 rings (SSSR count). The van der Waals surface area contributed by atoms with Gasteiger partial charge in [-0.15, -0.1) is 0 Å². The minimum absolute atomic E-state index is 0.0497. The van der Waals surface area contributed by atoms with Crippen molar-refractivity contribution in [3.63, 3.8) is 0 Å². The lowest BCUT2D eigenvalue weighted by Crippen LogP contribution is -2.39. The van der Waals surface area contributed by atoms with Gasteiger partial charge in [-0.3, -0.25) is 4.21 Å². The summed E-state index contributed by atoms with van der Waals surface area (Å²) in [6.45, 7) is 5.57. The van der Waals surface area contributed by atoms with Crippen LogP contribution in [0.15, 0.2) is 24.3 Å². The van der Waals surface area contributed by atoms with E-state index in [-0.39, 0.29) is 11.9 Å². The lowest BCUT2D eigenvalue weighted by Gasteiger charge is -2.28. The first-order chi connectivity index (χ1) is 9.70. The maximum atomic E-state index is 13.9. The van der Waals surface area contributed by atoms with Crippen LogP contribution >= 0.6 is 0 Å². The highest BCUT2D eigenvalue weighted by atomic mass is 32.2. The molecule has 1 atom stereocenters. The number of hydrogen-bond donors (Lipinski definition) is 1. The number of rotatable bonds is 6. The SMILES string of the molecule is CCNC(CCN1CCS(=O)CC1)c1ccccc1F. The first kappa shape index (κ1) is 15.6. The van der Waals surface area contributed by atoms with Crippen LogP contribution in [0.2, 0.25) is 0 Å². The lowest BCUT2D eigenvalue weighted by molar-refractivity contribution is 0.277. The molecule has 1 fully saturated rings. The molecule has 1 aromatic carbocycles. The van der Waals surface area contributed by atoms with Crippen LogP contribution in [0, 0.1) is 5.82 Å². The van der Waals surface area contributed by atoms with Gasteiger partial charge in [0.25, 0.3) is 0 Å². The molecule has 1 N–H and O–H groups in total. The zero-order chi connectivity index (χ0) is 14.4. The lowest BCUT2D eigenvalue weighted by atomic mass is 10.0. The summed E-state index contributed by atoms with van der Waals surface area (Å²) in [5.74, 6) is 1.40. The van der Waals surface area contributed by atoms with E-state index in [1.807, 2.05) is 19.1 Å². The maximum absolute atomic E-state index is 13.9. The first-order valence-corrected chi connectivity index (χ1v) is 8.74. The van der Waals surface area contributed by atoms with Gasteiger partial charge in [-0.2, -0.15) is 0 Å². The monoisotopic (exact) mass is 298 g/mol. The summed E-state index contributed by atoms with van der Waals surface area (Å²) >= 11 is 0. The van der Waals surface area contributed by atoms with E-state index in [2.05, 4.69) is 10.2 Å². The molecule has 20 heavy (non-hydrogen) atoms. The highest BCUT2D eigenvalue weighted by Crippen LogP contribution is 2.20. The predicted octanol–water partition coefficient (Wildman–Crippen LogP) is 1.93. The molecule has 3 nitrogen and oxygen atoms in total. The van der Waals surface area contributed by atoms with E-state index in [9.17, 15) is 8.60 Å². The molecule has 1 aliphatic rings. The molecule has 0 bridgehead atoms. The minimum atomic E-state index is -0.636. The van der Waals surface area contributed by atoms with Gasteiger partial charge < -0.3 is 10.2 Å². The fraction of sp³-hybridized carbons (Fsp3) is 0.600. The summed E-state index contributed by atoms with van der Waals surface area (Å²) in [7, 11) is -0.636. The molecular formula is C15H23FN2OS. The predicted molar refractivity (Wildman–Crippen MR) is 81.8 cm³/mol. The van der Waals surface area contributed by atoms with Crippen molar-refractivity contribution in [2.75, 3.05) is 37.7 Å².